The Balaban J connectivity index is 0.00000243. The second-order valence-electron chi connectivity index (χ2n) is 6.47. The van der Waals surface area contributed by atoms with Crippen molar-refractivity contribution in [3.05, 3.63) is 18.2 Å². The van der Waals surface area contributed by atoms with Gasteiger partial charge in [-0.3, -0.25) is 4.79 Å². The summed E-state index contributed by atoms with van der Waals surface area (Å²) in [5.74, 6) is 2.71. The van der Waals surface area contributed by atoms with Crippen LogP contribution in [0.4, 0.5) is 0 Å². The van der Waals surface area contributed by atoms with Crippen LogP contribution in [0, 0.1) is 0 Å². The first-order valence-corrected chi connectivity index (χ1v) is 10.3. The van der Waals surface area contributed by atoms with E-state index in [9.17, 15) is 4.79 Å². The summed E-state index contributed by atoms with van der Waals surface area (Å²) in [7, 11) is 0. The highest BCUT2D eigenvalue weighted by atomic mass is 35.5. The van der Waals surface area contributed by atoms with Crippen LogP contribution in [0.1, 0.15) is 32.6 Å². The molecule has 0 spiro atoms. The topological polar surface area (TPSA) is 50.8 Å². The van der Waals surface area contributed by atoms with E-state index in [-0.39, 0.29) is 12.4 Å². The number of benzene rings is 1. The third-order valence-electron chi connectivity index (χ3n) is 4.63. The van der Waals surface area contributed by atoms with Crippen LogP contribution in [-0.4, -0.2) is 55.4 Å². The molecule has 7 heteroatoms. The van der Waals surface area contributed by atoms with Crippen molar-refractivity contribution in [1.29, 1.82) is 0 Å². The number of nitrogens with one attached hydrogen (secondary N) is 1. The standard InChI is InChI=1S/C19H28N2O3S.ClH/c1-2-10-21(15-5-8-20-9-6-15)19(22)7-13-25-16-3-4-17-18(14-16)24-12-11-23-17;/h3-4,14-15,20H,2,5-13H2,1H3;1H. The zero-order valence-corrected chi connectivity index (χ0v) is 17.0. The van der Waals surface area contributed by atoms with Gasteiger partial charge in [0.05, 0.1) is 0 Å². The van der Waals surface area contributed by atoms with E-state index in [1.54, 1.807) is 11.8 Å². The van der Waals surface area contributed by atoms with Crippen LogP contribution < -0.4 is 14.8 Å². The number of nitrogens with zero attached hydrogens (tertiary/aromatic N) is 1. The molecule has 0 atom stereocenters. The fraction of sp³-hybridized carbons (Fsp3) is 0.632. The molecule has 1 amide bonds. The fourth-order valence-corrected chi connectivity index (χ4v) is 4.25. The fourth-order valence-electron chi connectivity index (χ4n) is 3.38. The Morgan fingerprint density at radius 1 is 1.23 bits per heavy atom. The maximum Gasteiger partial charge on any atom is 0.223 e. The normalized spacial score (nSPS) is 16.7. The molecule has 0 saturated carbocycles. The molecule has 0 unspecified atom stereocenters. The Labute approximate surface area is 166 Å². The van der Waals surface area contributed by atoms with Crippen molar-refractivity contribution < 1.29 is 14.3 Å². The van der Waals surface area contributed by atoms with E-state index in [4.69, 9.17) is 9.47 Å². The van der Waals surface area contributed by atoms with Crippen LogP contribution in [0.2, 0.25) is 0 Å². The Morgan fingerprint density at radius 3 is 2.69 bits per heavy atom. The van der Waals surface area contributed by atoms with Crippen LogP contribution in [0.5, 0.6) is 11.5 Å². The molecule has 0 aromatic heterocycles. The Bertz CT molecular complexity index is 582. The van der Waals surface area contributed by atoms with Gasteiger partial charge >= 0.3 is 0 Å². The van der Waals surface area contributed by atoms with Crippen molar-refractivity contribution in [2.24, 2.45) is 0 Å². The van der Waals surface area contributed by atoms with E-state index in [1.165, 1.54) is 0 Å². The average Bonchev–Trinajstić information content (AvgIpc) is 2.66. The minimum atomic E-state index is 0. The first-order chi connectivity index (χ1) is 12.3. The van der Waals surface area contributed by atoms with Gasteiger partial charge in [-0.1, -0.05) is 6.92 Å². The van der Waals surface area contributed by atoms with Gasteiger partial charge in [0.2, 0.25) is 5.91 Å². The number of hydrogen-bond donors (Lipinski definition) is 1. The lowest BCUT2D eigenvalue weighted by Gasteiger charge is -2.34. The molecule has 1 N–H and O–H groups in total. The van der Waals surface area contributed by atoms with Crippen molar-refractivity contribution in [2.45, 2.75) is 43.5 Å². The number of hydrogen-bond acceptors (Lipinski definition) is 5. The van der Waals surface area contributed by atoms with Crippen molar-refractivity contribution >= 4 is 30.1 Å². The van der Waals surface area contributed by atoms with Crippen molar-refractivity contribution in [1.82, 2.24) is 10.2 Å². The van der Waals surface area contributed by atoms with Crippen LogP contribution in [0.25, 0.3) is 0 Å². The van der Waals surface area contributed by atoms with Gasteiger partial charge in [-0.2, -0.15) is 0 Å². The zero-order valence-electron chi connectivity index (χ0n) is 15.4. The quantitative estimate of drug-likeness (QED) is 0.711. The summed E-state index contributed by atoms with van der Waals surface area (Å²) in [6, 6.07) is 6.42. The van der Waals surface area contributed by atoms with Crippen molar-refractivity contribution in [2.75, 3.05) is 38.6 Å². The van der Waals surface area contributed by atoms with Gasteiger partial charge in [-0.25, -0.2) is 0 Å². The summed E-state index contributed by atoms with van der Waals surface area (Å²) in [5, 5.41) is 3.38. The van der Waals surface area contributed by atoms with Crippen LogP contribution >= 0.6 is 24.2 Å². The molecule has 3 rings (SSSR count). The largest absolute Gasteiger partial charge is 0.486 e. The maximum absolute atomic E-state index is 12.7. The molecule has 2 aliphatic rings. The molecule has 0 bridgehead atoms. The van der Waals surface area contributed by atoms with Gasteiger partial charge in [0.25, 0.3) is 0 Å². The van der Waals surface area contributed by atoms with Crippen LogP contribution in [0.15, 0.2) is 23.1 Å². The molecule has 1 saturated heterocycles. The van der Waals surface area contributed by atoms with Crippen LogP contribution in [-0.2, 0) is 4.79 Å². The molecule has 1 fully saturated rings. The third kappa shape index (κ3) is 5.69. The highest BCUT2D eigenvalue weighted by Gasteiger charge is 2.24. The zero-order chi connectivity index (χ0) is 17.5. The summed E-state index contributed by atoms with van der Waals surface area (Å²) in [5.41, 5.74) is 0. The average molecular weight is 401 g/mol. The first-order valence-electron chi connectivity index (χ1n) is 9.30. The van der Waals surface area contributed by atoms with Gasteiger partial charge in [0.15, 0.2) is 11.5 Å². The second kappa shape index (κ2) is 10.9. The predicted octanol–water partition coefficient (Wildman–Crippen LogP) is 3.35. The Kier molecular flexibility index (Phi) is 8.88. The number of thioether (sulfide) groups is 1. The molecular weight excluding hydrogens is 372 g/mol. The van der Waals surface area contributed by atoms with Crippen LogP contribution in [0.3, 0.4) is 0 Å². The molecule has 0 aliphatic carbocycles. The van der Waals surface area contributed by atoms with E-state index in [0.29, 0.717) is 31.6 Å². The lowest BCUT2D eigenvalue weighted by molar-refractivity contribution is -0.133. The lowest BCUT2D eigenvalue weighted by Crippen LogP contribution is -2.46. The molecule has 1 aromatic rings. The molecule has 26 heavy (non-hydrogen) atoms. The molecular formula is C19H29ClN2O3S. The number of carbonyl (C=O) groups excluding carboxylic acids is 1. The molecule has 0 radical (unpaired) electrons. The van der Waals surface area contributed by atoms with E-state index < -0.39 is 0 Å². The number of piperidine rings is 1. The monoisotopic (exact) mass is 400 g/mol. The van der Waals surface area contributed by atoms with E-state index in [0.717, 1.165) is 61.0 Å². The van der Waals surface area contributed by atoms with E-state index >= 15 is 0 Å². The molecule has 2 aliphatic heterocycles. The van der Waals surface area contributed by atoms with Gasteiger partial charge in [0.1, 0.15) is 13.2 Å². The number of fused-ring (bicyclic) bond motifs is 1. The first kappa shape index (κ1) is 21.2. The minimum Gasteiger partial charge on any atom is -0.486 e. The number of ether oxygens (including phenoxy) is 2. The number of rotatable bonds is 7. The Morgan fingerprint density at radius 2 is 1.96 bits per heavy atom. The van der Waals surface area contributed by atoms with Crippen molar-refractivity contribution in [3.8, 4) is 11.5 Å². The lowest BCUT2D eigenvalue weighted by atomic mass is 10.0. The third-order valence-corrected chi connectivity index (χ3v) is 5.63. The van der Waals surface area contributed by atoms with E-state index in [1.807, 2.05) is 18.2 Å². The summed E-state index contributed by atoms with van der Waals surface area (Å²) < 4.78 is 11.2. The summed E-state index contributed by atoms with van der Waals surface area (Å²) in [6.45, 7) is 6.26. The highest BCUT2D eigenvalue weighted by Crippen LogP contribution is 2.34. The summed E-state index contributed by atoms with van der Waals surface area (Å²) in [6.07, 6.45) is 3.75. The summed E-state index contributed by atoms with van der Waals surface area (Å²) >= 11 is 1.71. The van der Waals surface area contributed by atoms with Gasteiger partial charge in [0, 0.05) is 29.7 Å². The number of amides is 1. The Hall–Kier alpha value is -1.11. The van der Waals surface area contributed by atoms with E-state index in [2.05, 4.69) is 17.1 Å². The maximum atomic E-state index is 12.7. The van der Waals surface area contributed by atoms with Crippen molar-refractivity contribution in [3.63, 3.8) is 0 Å². The number of halogens is 1. The molecule has 2 heterocycles. The van der Waals surface area contributed by atoms with Gasteiger partial charge in [-0.15, -0.1) is 24.2 Å². The predicted molar refractivity (Wildman–Crippen MR) is 108 cm³/mol. The smallest absolute Gasteiger partial charge is 0.223 e. The number of carbonyl (C=O) groups is 1. The van der Waals surface area contributed by atoms with Gasteiger partial charge in [-0.05, 0) is 50.6 Å². The highest BCUT2D eigenvalue weighted by molar-refractivity contribution is 7.99. The minimum absolute atomic E-state index is 0. The molecule has 5 nitrogen and oxygen atoms in total. The SMILES string of the molecule is CCCN(C(=O)CCSc1ccc2c(c1)OCCO2)C1CCNCC1.Cl. The molecule has 146 valence electrons. The van der Waals surface area contributed by atoms with Gasteiger partial charge < -0.3 is 19.7 Å². The summed E-state index contributed by atoms with van der Waals surface area (Å²) in [4.78, 5) is 15.9. The molecule has 1 aromatic carbocycles. The second-order valence-corrected chi connectivity index (χ2v) is 7.64.